The molecule has 3 rings (SSSR count). The molecule has 2 amide bonds. The maximum atomic E-state index is 12.7. The van der Waals surface area contributed by atoms with Crippen LogP contribution in [-0.2, 0) is 16.1 Å². The number of nitrogens with one attached hydrogen (secondary N) is 2. The highest BCUT2D eigenvalue weighted by Gasteiger charge is 2.15. The quantitative estimate of drug-likeness (QED) is 0.711. The molecule has 0 bridgehead atoms. The van der Waals surface area contributed by atoms with Crippen LogP contribution in [0.15, 0.2) is 71.7 Å². The first-order valence-electron chi connectivity index (χ1n) is 8.47. The third-order valence-electron chi connectivity index (χ3n) is 3.71. The van der Waals surface area contributed by atoms with Gasteiger partial charge in [-0.25, -0.2) is 9.78 Å². The molecule has 0 saturated carbocycles. The van der Waals surface area contributed by atoms with Gasteiger partial charge in [0.05, 0.1) is 6.20 Å². The predicted octanol–water partition coefficient (Wildman–Crippen LogP) is 2.75. The van der Waals surface area contributed by atoms with Gasteiger partial charge in [-0.15, -0.1) is 0 Å². The van der Waals surface area contributed by atoms with Crippen molar-refractivity contribution in [1.82, 2.24) is 9.66 Å². The van der Waals surface area contributed by atoms with Gasteiger partial charge in [-0.1, -0.05) is 60.7 Å². The van der Waals surface area contributed by atoms with Crippen molar-refractivity contribution in [2.24, 2.45) is 0 Å². The molecular weight excluding hydrogens is 360 g/mol. The van der Waals surface area contributed by atoms with Crippen LogP contribution >= 0.6 is 0 Å². The van der Waals surface area contributed by atoms with Crippen molar-refractivity contribution in [2.75, 3.05) is 10.7 Å². The van der Waals surface area contributed by atoms with Crippen LogP contribution in [0.1, 0.15) is 12.5 Å². The van der Waals surface area contributed by atoms with Gasteiger partial charge in [-0.3, -0.25) is 20.3 Å². The predicted molar refractivity (Wildman–Crippen MR) is 104 cm³/mol. The Morgan fingerprint density at radius 2 is 1.68 bits per heavy atom. The molecule has 3 aromatic rings. The molecule has 0 spiro atoms. The van der Waals surface area contributed by atoms with Gasteiger partial charge in [0.15, 0.2) is 5.82 Å². The first-order chi connectivity index (χ1) is 13.5. The number of nitrogens with zero attached hydrogens (tertiary/aromatic N) is 2. The molecule has 28 heavy (non-hydrogen) atoms. The van der Waals surface area contributed by atoms with E-state index in [-0.39, 0.29) is 18.1 Å². The average Bonchev–Trinajstić information content (AvgIpc) is 2.71. The van der Waals surface area contributed by atoms with Crippen LogP contribution in [-0.4, -0.2) is 21.7 Å². The van der Waals surface area contributed by atoms with Crippen molar-refractivity contribution in [3.63, 3.8) is 0 Å². The molecule has 142 valence electrons. The minimum Gasteiger partial charge on any atom is -0.444 e. The summed E-state index contributed by atoms with van der Waals surface area (Å²) >= 11 is 0. The second kappa shape index (κ2) is 8.63. The number of hydrogen-bond acceptors (Lipinski definition) is 5. The lowest BCUT2D eigenvalue weighted by Crippen LogP contribution is -2.35. The molecule has 0 aliphatic rings. The van der Waals surface area contributed by atoms with E-state index in [9.17, 15) is 14.4 Å². The number of carbonyl (C=O) groups excluding carboxylic acids is 2. The van der Waals surface area contributed by atoms with Crippen LogP contribution in [0.3, 0.4) is 0 Å². The highest BCUT2D eigenvalue weighted by molar-refractivity contribution is 5.85. The number of amides is 2. The highest BCUT2D eigenvalue weighted by Crippen LogP contribution is 2.15. The molecule has 0 aliphatic carbocycles. The van der Waals surface area contributed by atoms with Gasteiger partial charge in [0.2, 0.25) is 5.91 Å². The topological polar surface area (TPSA) is 102 Å². The Morgan fingerprint density at radius 3 is 2.32 bits per heavy atom. The van der Waals surface area contributed by atoms with E-state index in [0.29, 0.717) is 5.56 Å². The van der Waals surface area contributed by atoms with Crippen LogP contribution in [0, 0.1) is 0 Å². The molecule has 0 saturated heterocycles. The summed E-state index contributed by atoms with van der Waals surface area (Å²) in [5.74, 6) is -0.214. The van der Waals surface area contributed by atoms with Gasteiger partial charge >= 0.3 is 6.09 Å². The molecule has 0 aliphatic heterocycles. The molecule has 0 radical (unpaired) electrons. The number of hydrogen-bond donors (Lipinski definition) is 2. The largest absolute Gasteiger partial charge is 0.444 e. The third-order valence-corrected chi connectivity index (χ3v) is 3.71. The van der Waals surface area contributed by atoms with Crippen LogP contribution in [0.4, 0.5) is 10.5 Å². The van der Waals surface area contributed by atoms with E-state index < -0.39 is 17.6 Å². The SMILES string of the molecule is CC(=O)Nn1c(-c2ccccc2)ncc(NC(=O)OCc2ccccc2)c1=O. The molecule has 0 unspecified atom stereocenters. The lowest BCUT2D eigenvalue weighted by Gasteiger charge is -2.14. The Labute approximate surface area is 160 Å². The Bertz CT molecular complexity index is 1030. The third kappa shape index (κ3) is 4.61. The van der Waals surface area contributed by atoms with Crippen molar-refractivity contribution in [1.29, 1.82) is 0 Å². The van der Waals surface area contributed by atoms with Crippen molar-refractivity contribution in [3.8, 4) is 11.4 Å². The van der Waals surface area contributed by atoms with Gasteiger partial charge in [-0.2, -0.15) is 4.68 Å². The van der Waals surface area contributed by atoms with Crippen LogP contribution < -0.4 is 16.3 Å². The van der Waals surface area contributed by atoms with E-state index in [0.717, 1.165) is 10.2 Å². The van der Waals surface area contributed by atoms with Crippen LogP contribution in [0.25, 0.3) is 11.4 Å². The Kier molecular flexibility index (Phi) is 5.81. The number of aromatic nitrogens is 2. The fourth-order valence-electron chi connectivity index (χ4n) is 2.46. The Balaban J connectivity index is 1.82. The summed E-state index contributed by atoms with van der Waals surface area (Å²) in [6.07, 6.45) is 0.428. The van der Waals surface area contributed by atoms with E-state index in [1.54, 1.807) is 24.3 Å². The number of ether oxygens (including phenoxy) is 1. The normalized spacial score (nSPS) is 10.2. The van der Waals surface area contributed by atoms with Crippen molar-refractivity contribution in [2.45, 2.75) is 13.5 Å². The van der Waals surface area contributed by atoms with E-state index in [1.165, 1.54) is 13.1 Å². The number of rotatable bonds is 5. The second-order valence-corrected chi connectivity index (χ2v) is 5.86. The van der Waals surface area contributed by atoms with E-state index >= 15 is 0 Å². The lowest BCUT2D eigenvalue weighted by atomic mass is 10.2. The summed E-state index contributed by atoms with van der Waals surface area (Å²) in [5.41, 5.74) is 3.11. The second-order valence-electron chi connectivity index (χ2n) is 5.86. The van der Waals surface area contributed by atoms with Gasteiger partial charge in [-0.05, 0) is 5.56 Å². The summed E-state index contributed by atoms with van der Waals surface area (Å²) in [5, 5.41) is 2.36. The van der Waals surface area contributed by atoms with Crippen LogP contribution in [0.2, 0.25) is 0 Å². The first-order valence-corrected chi connectivity index (χ1v) is 8.47. The minimum absolute atomic E-state index is 0.0576. The zero-order valence-corrected chi connectivity index (χ0v) is 15.1. The summed E-state index contributed by atoms with van der Waals surface area (Å²) in [6.45, 7) is 1.33. The van der Waals surface area contributed by atoms with Gasteiger partial charge in [0.1, 0.15) is 12.3 Å². The van der Waals surface area contributed by atoms with E-state index in [1.807, 2.05) is 36.4 Å². The Hall–Kier alpha value is -3.94. The Morgan fingerprint density at radius 1 is 1.04 bits per heavy atom. The minimum atomic E-state index is -0.801. The van der Waals surface area contributed by atoms with E-state index in [2.05, 4.69) is 15.7 Å². The van der Waals surface area contributed by atoms with Crippen molar-refractivity contribution >= 4 is 17.7 Å². The molecule has 2 N–H and O–H groups in total. The summed E-state index contributed by atoms with van der Waals surface area (Å²) in [7, 11) is 0. The first kappa shape index (κ1) is 18.8. The fourth-order valence-corrected chi connectivity index (χ4v) is 2.46. The van der Waals surface area contributed by atoms with Gasteiger partial charge in [0.25, 0.3) is 5.56 Å². The summed E-state index contributed by atoms with van der Waals surface area (Å²) in [4.78, 5) is 40.5. The molecule has 8 nitrogen and oxygen atoms in total. The zero-order chi connectivity index (χ0) is 19.9. The maximum Gasteiger partial charge on any atom is 0.412 e. The smallest absolute Gasteiger partial charge is 0.412 e. The standard InChI is InChI=1S/C20H18N4O4/c1-14(25)23-24-18(16-10-6-3-7-11-16)21-12-17(19(24)26)22-20(27)28-13-15-8-4-2-5-9-15/h2-12H,13H2,1H3,(H,22,27)(H,23,25). The van der Waals surface area contributed by atoms with Crippen LogP contribution in [0.5, 0.6) is 0 Å². The molecule has 0 atom stereocenters. The van der Waals surface area contributed by atoms with Gasteiger partial charge in [0, 0.05) is 12.5 Å². The molecule has 8 heteroatoms. The maximum absolute atomic E-state index is 12.7. The summed E-state index contributed by atoms with van der Waals surface area (Å²) < 4.78 is 6.10. The van der Waals surface area contributed by atoms with Crippen molar-refractivity contribution in [3.05, 3.63) is 82.8 Å². The number of carbonyl (C=O) groups is 2. The number of anilines is 1. The molecule has 0 fully saturated rings. The van der Waals surface area contributed by atoms with Gasteiger partial charge < -0.3 is 4.74 Å². The monoisotopic (exact) mass is 378 g/mol. The molecule has 1 heterocycles. The average molecular weight is 378 g/mol. The molecule has 1 aromatic heterocycles. The zero-order valence-electron chi connectivity index (χ0n) is 15.1. The van der Waals surface area contributed by atoms with Crippen molar-refractivity contribution < 1.29 is 14.3 Å². The highest BCUT2D eigenvalue weighted by atomic mass is 16.5. The lowest BCUT2D eigenvalue weighted by molar-refractivity contribution is -0.115. The molecule has 2 aromatic carbocycles. The molecular formula is C20H18N4O4. The fraction of sp³-hybridized carbons (Fsp3) is 0.100. The number of benzene rings is 2. The summed E-state index contributed by atoms with van der Waals surface area (Å²) in [6, 6.07) is 18.0. The van der Waals surface area contributed by atoms with E-state index in [4.69, 9.17) is 4.74 Å².